The molecule has 4 aromatic rings. The van der Waals surface area contributed by atoms with Crippen LogP contribution in [0.2, 0.25) is 0 Å². The van der Waals surface area contributed by atoms with Gasteiger partial charge in [-0.25, -0.2) is 9.98 Å². The van der Waals surface area contributed by atoms with Crippen molar-refractivity contribution in [3.8, 4) is 0 Å². The molecule has 12 heteroatoms. The van der Waals surface area contributed by atoms with Gasteiger partial charge < -0.3 is 23.8 Å². The lowest BCUT2D eigenvalue weighted by atomic mass is 9.82. The van der Waals surface area contributed by atoms with Gasteiger partial charge in [-0.3, -0.25) is 18.7 Å². The highest BCUT2D eigenvalue weighted by molar-refractivity contribution is 5.72. The Morgan fingerprint density at radius 1 is 1.04 bits per heavy atom. The summed E-state index contributed by atoms with van der Waals surface area (Å²) in [5, 5.41) is 0. The van der Waals surface area contributed by atoms with Crippen LogP contribution >= 0.6 is 0 Å². The molecule has 6 rings (SSSR count). The molecule has 12 nitrogen and oxygen atoms in total. The molecule has 2 aromatic carbocycles. The van der Waals surface area contributed by atoms with Crippen LogP contribution in [0.3, 0.4) is 0 Å². The monoisotopic (exact) mass is 614 g/mol. The first-order chi connectivity index (χ1) is 21.5. The summed E-state index contributed by atoms with van der Waals surface area (Å²) in [4.78, 5) is 42.0. The van der Waals surface area contributed by atoms with Crippen LogP contribution in [0.5, 0.6) is 0 Å². The lowest BCUT2D eigenvalue weighted by molar-refractivity contribution is -0.165. The second-order valence-electron chi connectivity index (χ2n) is 12.6. The third kappa shape index (κ3) is 6.00. The van der Waals surface area contributed by atoms with Crippen LogP contribution in [0.25, 0.3) is 11.2 Å². The SMILES string of the molecule is CC(=O)OC[C@H]1O[C@@H](n2cnc3c(=O)n(C(c4ccccc4)C(C)(C)C)c(/N=C\N(C)C)nc32)[C@@H]2OC(c3ccccc3)O[C@@H]21. The number of hydrogen-bond donors (Lipinski definition) is 0. The number of aromatic nitrogens is 4. The zero-order chi connectivity index (χ0) is 31.9. The van der Waals surface area contributed by atoms with E-state index in [1.165, 1.54) is 13.3 Å². The normalized spacial score (nSPS) is 23.8. The summed E-state index contributed by atoms with van der Waals surface area (Å²) >= 11 is 0. The molecule has 2 aliphatic rings. The maximum Gasteiger partial charge on any atom is 0.302 e. The number of ether oxygens (including phenoxy) is 4. The third-order valence-electron chi connectivity index (χ3n) is 7.85. The molecule has 0 spiro atoms. The van der Waals surface area contributed by atoms with Gasteiger partial charge in [0.15, 0.2) is 23.7 Å². The van der Waals surface area contributed by atoms with E-state index in [4.69, 9.17) is 23.9 Å². The standard InChI is InChI=1S/C33H38N6O6/c1-20(40)42-17-23-25-26(45-31(44-25)22-15-11-8-12-16-22)30(43-23)38-19-34-24-28(38)36-32(35-18-37(5)6)39(29(24)41)27(33(2,3)4)21-13-9-7-10-14-21/h7-16,18-19,23,25-27,30-31H,17H2,1-6H3/b35-18-/t23-,25-,26-,27?,30-,31?/m1/s1. The molecule has 2 aliphatic heterocycles. The molecular formula is C33H38N6O6. The first-order valence-electron chi connectivity index (χ1n) is 14.9. The predicted octanol–water partition coefficient (Wildman–Crippen LogP) is 4.39. The zero-order valence-corrected chi connectivity index (χ0v) is 26.2. The van der Waals surface area contributed by atoms with Crippen molar-refractivity contribution in [2.24, 2.45) is 10.4 Å². The molecule has 0 bridgehead atoms. The van der Waals surface area contributed by atoms with Crippen molar-refractivity contribution >= 4 is 29.4 Å². The molecule has 45 heavy (non-hydrogen) atoms. The predicted molar refractivity (Wildman–Crippen MR) is 167 cm³/mol. The van der Waals surface area contributed by atoms with Crippen LogP contribution in [-0.2, 0) is 23.7 Å². The molecule has 2 saturated heterocycles. The molecule has 2 fully saturated rings. The molecule has 0 radical (unpaired) electrons. The fourth-order valence-electron chi connectivity index (χ4n) is 5.98. The minimum atomic E-state index is -0.768. The molecule has 0 amide bonds. The second kappa shape index (κ2) is 12.2. The van der Waals surface area contributed by atoms with Gasteiger partial charge in [0.25, 0.3) is 5.56 Å². The van der Waals surface area contributed by atoms with Crippen molar-refractivity contribution in [2.45, 2.75) is 64.6 Å². The van der Waals surface area contributed by atoms with E-state index in [0.29, 0.717) is 5.65 Å². The highest BCUT2D eigenvalue weighted by Crippen LogP contribution is 2.45. The number of esters is 1. The largest absolute Gasteiger partial charge is 0.463 e. The Labute approximate surface area is 261 Å². The molecule has 0 aliphatic carbocycles. The molecule has 6 atom stereocenters. The van der Waals surface area contributed by atoms with Gasteiger partial charge in [-0.2, -0.15) is 4.98 Å². The van der Waals surface area contributed by atoms with Crippen molar-refractivity contribution in [3.63, 3.8) is 0 Å². The van der Waals surface area contributed by atoms with Gasteiger partial charge in [0.1, 0.15) is 24.9 Å². The summed E-state index contributed by atoms with van der Waals surface area (Å²) in [5.74, 6) is -0.203. The Bertz CT molecular complexity index is 1750. The van der Waals surface area contributed by atoms with E-state index < -0.39 is 36.8 Å². The van der Waals surface area contributed by atoms with Gasteiger partial charge in [-0.15, -0.1) is 0 Å². The molecule has 2 aromatic heterocycles. The molecule has 2 unspecified atom stereocenters. The van der Waals surface area contributed by atoms with Gasteiger partial charge in [0.05, 0.1) is 18.7 Å². The highest BCUT2D eigenvalue weighted by atomic mass is 16.8. The second-order valence-corrected chi connectivity index (χ2v) is 12.6. The Morgan fingerprint density at radius 2 is 1.71 bits per heavy atom. The first-order valence-corrected chi connectivity index (χ1v) is 14.9. The van der Waals surface area contributed by atoms with Crippen LogP contribution in [0.1, 0.15) is 57.4 Å². The van der Waals surface area contributed by atoms with E-state index >= 15 is 0 Å². The maximum atomic E-state index is 14.4. The summed E-state index contributed by atoms with van der Waals surface area (Å²) in [5.41, 5.74) is 1.57. The van der Waals surface area contributed by atoms with Gasteiger partial charge in [-0.05, 0) is 11.0 Å². The zero-order valence-electron chi connectivity index (χ0n) is 26.2. The number of nitrogens with zero attached hydrogens (tertiary/aromatic N) is 6. The molecule has 0 saturated carbocycles. The van der Waals surface area contributed by atoms with Crippen molar-refractivity contribution in [3.05, 3.63) is 88.5 Å². The molecule has 0 N–H and O–H groups in total. The number of fused-ring (bicyclic) bond motifs is 2. The number of carbonyl (C=O) groups excluding carboxylic acids is 1. The van der Waals surface area contributed by atoms with Crippen molar-refractivity contribution < 1.29 is 23.7 Å². The number of aliphatic imine (C=N–C) groups is 1. The van der Waals surface area contributed by atoms with Crippen LogP contribution in [-0.4, -0.2) is 75.3 Å². The number of rotatable bonds is 8. The lowest BCUT2D eigenvalue weighted by Gasteiger charge is -2.33. The number of carbonyl (C=O) groups is 1. The fourth-order valence-corrected chi connectivity index (χ4v) is 5.98. The maximum absolute atomic E-state index is 14.4. The summed E-state index contributed by atoms with van der Waals surface area (Å²) in [6, 6.07) is 19.1. The van der Waals surface area contributed by atoms with Crippen molar-refractivity contribution in [2.75, 3.05) is 20.7 Å². The van der Waals surface area contributed by atoms with Crippen LogP contribution < -0.4 is 5.56 Å². The minimum absolute atomic E-state index is 0.0204. The van der Waals surface area contributed by atoms with Gasteiger partial charge in [0, 0.05) is 26.6 Å². The van der Waals surface area contributed by atoms with Crippen LogP contribution in [0, 0.1) is 5.41 Å². The Kier molecular flexibility index (Phi) is 8.29. The number of imidazole rings is 1. The lowest BCUT2D eigenvalue weighted by Crippen LogP contribution is -2.35. The van der Waals surface area contributed by atoms with Gasteiger partial charge >= 0.3 is 5.97 Å². The van der Waals surface area contributed by atoms with E-state index in [-0.39, 0.29) is 35.1 Å². The molecular weight excluding hydrogens is 576 g/mol. The fraction of sp³-hybridized carbons (Fsp3) is 0.424. The van der Waals surface area contributed by atoms with E-state index in [1.54, 1.807) is 20.4 Å². The topological polar surface area (TPSA) is 122 Å². The van der Waals surface area contributed by atoms with E-state index in [0.717, 1.165) is 11.1 Å². The van der Waals surface area contributed by atoms with Gasteiger partial charge in [-0.1, -0.05) is 81.4 Å². The molecule has 236 valence electrons. The Hall–Kier alpha value is -4.39. The number of benzene rings is 2. The highest BCUT2D eigenvalue weighted by Gasteiger charge is 2.54. The molecule has 4 heterocycles. The smallest absolute Gasteiger partial charge is 0.302 e. The Balaban J connectivity index is 1.47. The van der Waals surface area contributed by atoms with Crippen molar-refractivity contribution in [1.82, 2.24) is 24.0 Å². The van der Waals surface area contributed by atoms with E-state index in [2.05, 4.69) is 30.7 Å². The average molecular weight is 615 g/mol. The summed E-state index contributed by atoms with van der Waals surface area (Å²) < 4.78 is 27.8. The van der Waals surface area contributed by atoms with E-state index in [1.807, 2.05) is 74.8 Å². The van der Waals surface area contributed by atoms with Crippen LogP contribution in [0.4, 0.5) is 5.95 Å². The van der Waals surface area contributed by atoms with Gasteiger partial charge in [0.2, 0.25) is 5.95 Å². The van der Waals surface area contributed by atoms with E-state index in [9.17, 15) is 9.59 Å². The summed E-state index contributed by atoms with van der Waals surface area (Å²) in [7, 11) is 3.70. The van der Waals surface area contributed by atoms with Crippen LogP contribution in [0.15, 0.2) is 76.8 Å². The number of hydrogen-bond acceptors (Lipinski definition) is 9. The van der Waals surface area contributed by atoms with Crippen molar-refractivity contribution in [1.29, 1.82) is 0 Å². The summed E-state index contributed by atoms with van der Waals surface area (Å²) in [6.07, 6.45) is -0.0337. The Morgan fingerprint density at radius 3 is 2.36 bits per heavy atom. The average Bonchev–Trinajstić information content (AvgIpc) is 3.71. The quantitative estimate of drug-likeness (QED) is 0.162. The minimum Gasteiger partial charge on any atom is -0.463 e. The summed E-state index contributed by atoms with van der Waals surface area (Å²) in [6.45, 7) is 7.56. The first kappa shape index (κ1) is 30.6. The third-order valence-corrected chi connectivity index (χ3v) is 7.85.